The quantitative estimate of drug-likeness (QED) is 0.442. The van der Waals surface area contributed by atoms with Gasteiger partial charge in [-0.05, 0) is 32.6 Å². The van der Waals surface area contributed by atoms with Crippen molar-refractivity contribution >= 4 is 29.8 Å². The van der Waals surface area contributed by atoms with Crippen LogP contribution in [0.3, 0.4) is 0 Å². The van der Waals surface area contributed by atoms with Crippen LogP contribution in [-0.2, 0) is 19.1 Å². The summed E-state index contributed by atoms with van der Waals surface area (Å²) in [4.78, 5) is 61.5. The molecular weight excluding hydrogens is 380 g/mol. The molecule has 6 amide bonds. The maximum absolute atomic E-state index is 12.5. The molecule has 0 aromatic carbocycles. The minimum Gasteiger partial charge on any atom is -0.452 e. The normalized spacial score (nSPS) is 21.9. The third kappa shape index (κ3) is 4.86. The van der Waals surface area contributed by atoms with Gasteiger partial charge in [0.05, 0.1) is 6.42 Å². The predicted molar refractivity (Wildman–Crippen MR) is 101 cm³/mol. The average molecular weight is 408 g/mol. The Bertz CT molecular complexity index is 697. The van der Waals surface area contributed by atoms with Gasteiger partial charge < -0.3 is 15.4 Å². The SMILES string of the molecule is C[C@H](OC(=O)CCN1C(=O)NC2(CCCC2)C1=O)C(=O)NC(=O)NC1CCCC1. The van der Waals surface area contributed by atoms with Crippen LogP contribution in [0, 0.1) is 0 Å². The van der Waals surface area contributed by atoms with Crippen LogP contribution in [-0.4, -0.2) is 59.0 Å². The fraction of sp³-hybridized carbons (Fsp3) is 0.737. The molecule has 3 rings (SSSR count). The number of carbonyl (C=O) groups excluding carboxylic acids is 5. The second kappa shape index (κ2) is 8.79. The molecule has 1 atom stereocenters. The fourth-order valence-corrected chi connectivity index (χ4v) is 4.21. The summed E-state index contributed by atoms with van der Waals surface area (Å²) in [6.07, 6.45) is 5.45. The molecule has 0 aromatic heterocycles. The van der Waals surface area contributed by atoms with Crippen LogP contribution in [0.25, 0.3) is 0 Å². The van der Waals surface area contributed by atoms with E-state index < -0.39 is 35.6 Å². The van der Waals surface area contributed by atoms with E-state index in [9.17, 15) is 24.0 Å². The molecule has 29 heavy (non-hydrogen) atoms. The van der Waals surface area contributed by atoms with Crippen LogP contribution in [0.2, 0.25) is 0 Å². The largest absolute Gasteiger partial charge is 0.452 e. The summed E-state index contributed by atoms with van der Waals surface area (Å²) in [5, 5.41) is 7.61. The summed E-state index contributed by atoms with van der Waals surface area (Å²) >= 11 is 0. The number of nitrogens with zero attached hydrogens (tertiary/aromatic N) is 1. The number of rotatable bonds is 6. The smallest absolute Gasteiger partial charge is 0.325 e. The van der Waals surface area contributed by atoms with E-state index in [1.165, 1.54) is 6.92 Å². The van der Waals surface area contributed by atoms with Crippen molar-refractivity contribution in [1.29, 1.82) is 0 Å². The number of imide groups is 2. The van der Waals surface area contributed by atoms with Gasteiger partial charge in [0, 0.05) is 12.6 Å². The van der Waals surface area contributed by atoms with Gasteiger partial charge >= 0.3 is 18.0 Å². The summed E-state index contributed by atoms with van der Waals surface area (Å²) in [6.45, 7) is 1.25. The van der Waals surface area contributed by atoms with E-state index in [1.807, 2.05) is 0 Å². The first-order valence-corrected chi connectivity index (χ1v) is 10.3. The Balaban J connectivity index is 1.40. The highest BCUT2D eigenvalue weighted by atomic mass is 16.5. The Hall–Kier alpha value is -2.65. The van der Waals surface area contributed by atoms with Crippen molar-refractivity contribution in [3.05, 3.63) is 0 Å². The first kappa shape index (κ1) is 21.1. The summed E-state index contributed by atoms with van der Waals surface area (Å²) in [7, 11) is 0. The average Bonchev–Trinajstić information content (AvgIpc) is 3.38. The lowest BCUT2D eigenvalue weighted by atomic mass is 9.98. The molecule has 3 aliphatic rings. The molecule has 1 aliphatic heterocycles. The molecular formula is C19H28N4O6. The highest BCUT2D eigenvalue weighted by Gasteiger charge is 2.52. The zero-order valence-corrected chi connectivity index (χ0v) is 16.6. The molecule has 10 nitrogen and oxygen atoms in total. The number of nitrogens with one attached hydrogen (secondary N) is 3. The van der Waals surface area contributed by atoms with Gasteiger partial charge in [-0.15, -0.1) is 0 Å². The maximum atomic E-state index is 12.5. The van der Waals surface area contributed by atoms with Gasteiger partial charge in [-0.2, -0.15) is 0 Å². The zero-order chi connectivity index (χ0) is 21.0. The van der Waals surface area contributed by atoms with Gasteiger partial charge in [-0.3, -0.25) is 24.6 Å². The van der Waals surface area contributed by atoms with E-state index in [2.05, 4.69) is 16.0 Å². The lowest BCUT2D eigenvalue weighted by molar-refractivity contribution is -0.154. The molecule has 3 N–H and O–H groups in total. The molecule has 1 heterocycles. The summed E-state index contributed by atoms with van der Waals surface area (Å²) in [5.74, 6) is -1.76. The van der Waals surface area contributed by atoms with Crippen molar-refractivity contribution in [1.82, 2.24) is 20.9 Å². The van der Waals surface area contributed by atoms with Crippen molar-refractivity contribution in [3.8, 4) is 0 Å². The van der Waals surface area contributed by atoms with Gasteiger partial charge in [0.1, 0.15) is 5.54 Å². The molecule has 1 saturated heterocycles. The van der Waals surface area contributed by atoms with Crippen LogP contribution in [0.15, 0.2) is 0 Å². The van der Waals surface area contributed by atoms with E-state index >= 15 is 0 Å². The lowest BCUT2D eigenvalue weighted by Gasteiger charge is -2.20. The van der Waals surface area contributed by atoms with E-state index in [0.717, 1.165) is 43.4 Å². The topological polar surface area (TPSA) is 134 Å². The molecule has 2 aliphatic carbocycles. The Labute approximate surface area is 169 Å². The molecule has 1 spiro atoms. The van der Waals surface area contributed by atoms with Gasteiger partial charge in [0.15, 0.2) is 6.10 Å². The molecule has 10 heteroatoms. The number of hydrogen-bond donors (Lipinski definition) is 3. The molecule has 0 bridgehead atoms. The molecule has 2 saturated carbocycles. The number of urea groups is 2. The van der Waals surface area contributed by atoms with E-state index in [0.29, 0.717) is 12.8 Å². The first-order chi connectivity index (χ1) is 13.8. The van der Waals surface area contributed by atoms with Crippen LogP contribution in [0.5, 0.6) is 0 Å². The van der Waals surface area contributed by atoms with Crippen molar-refractivity contribution in [2.75, 3.05) is 6.54 Å². The maximum Gasteiger partial charge on any atom is 0.325 e. The predicted octanol–water partition coefficient (Wildman–Crippen LogP) is 0.941. The van der Waals surface area contributed by atoms with Crippen LogP contribution in [0.4, 0.5) is 9.59 Å². The Kier molecular flexibility index (Phi) is 6.39. The molecule has 160 valence electrons. The molecule has 0 radical (unpaired) electrons. The van der Waals surface area contributed by atoms with Gasteiger partial charge in [-0.25, -0.2) is 9.59 Å². The Morgan fingerprint density at radius 1 is 1.17 bits per heavy atom. The first-order valence-electron chi connectivity index (χ1n) is 10.3. The van der Waals surface area contributed by atoms with Crippen molar-refractivity contribution in [2.24, 2.45) is 0 Å². The van der Waals surface area contributed by atoms with Gasteiger partial charge in [0.2, 0.25) is 0 Å². The second-order valence-electron chi connectivity index (χ2n) is 8.00. The lowest BCUT2D eigenvalue weighted by Crippen LogP contribution is -2.47. The molecule has 0 aromatic rings. The van der Waals surface area contributed by atoms with Gasteiger partial charge in [-0.1, -0.05) is 25.7 Å². The van der Waals surface area contributed by atoms with Crippen LogP contribution < -0.4 is 16.0 Å². The van der Waals surface area contributed by atoms with E-state index in [1.54, 1.807) is 0 Å². The minimum atomic E-state index is -1.17. The second-order valence-corrected chi connectivity index (χ2v) is 8.00. The van der Waals surface area contributed by atoms with Crippen LogP contribution >= 0.6 is 0 Å². The number of esters is 1. The number of carbonyl (C=O) groups is 5. The van der Waals surface area contributed by atoms with E-state index in [-0.39, 0.29) is 24.9 Å². The van der Waals surface area contributed by atoms with E-state index in [4.69, 9.17) is 4.74 Å². The zero-order valence-electron chi connectivity index (χ0n) is 16.6. The Morgan fingerprint density at radius 2 is 1.83 bits per heavy atom. The number of amides is 6. The third-order valence-electron chi connectivity index (χ3n) is 5.85. The number of hydrogen-bond acceptors (Lipinski definition) is 6. The summed E-state index contributed by atoms with van der Waals surface area (Å²) in [6, 6.07) is -1.04. The van der Waals surface area contributed by atoms with Gasteiger partial charge in [0.25, 0.3) is 11.8 Å². The summed E-state index contributed by atoms with van der Waals surface area (Å²) < 4.78 is 5.03. The fourth-order valence-electron chi connectivity index (χ4n) is 4.21. The monoisotopic (exact) mass is 408 g/mol. The third-order valence-corrected chi connectivity index (χ3v) is 5.85. The Morgan fingerprint density at radius 3 is 2.48 bits per heavy atom. The van der Waals surface area contributed by atoms with Crippen molar-refractivity contribution in [2.45, 2.75) is 82.4 Å². The highest BCUT2D eigenvalue weighted by molar-refractivity contribution is 6.07. The van der Waals surface area contributed by atoms with Crippen molar-refractivity contribution < 1.29 is 28.7 Å². The highest BCUT2D eigenvalue weighted by Crippen LogP contribution is 2.35. The standard InChI is InChI=1S/C19H28N4O6/c1-12(15(25)21-17(27)20-13-6-2-3-7-13)29-14(24)8-11-23-16(26)19(22-18(23)28)9-4-5-10-19/h12-13H,2-11H2,1H3,(H,22,28)(H2,20,21,25,27)/t12-/m0/s1. The van der Waals surface area contributed by atoms with Crippen molar-refractivity contribution in [3.63, 3.8) is 0 Å². The molecule has 3 fully saturated rings. The number of ether oxygens (including phenoxy) is 1. The summed E-state index contributed by atoms with van der Waals surface area (Å²) in [5.41, 5.74) is -0.819. The minimum absolute atomic E-state index is 0.0629. The van der Waals surface area contributed by atoms with Crippen LogP contribution in [0.1, 0.15) is 64.7 Å². The molecule has 0 unspecified atom stereocenters.